The first-order chi connectivity index (χ1) is 11.0. The van der Waals surface area contributed by atoms with Crippen LogP contribution in [0.5, 0.6) is 0 Å². The lowest BCUT2D eigenvalue weighted by Gasteiger charge is -2.61. The first kappa shape index (κ1) is 15.2. The zero-order chi connectivity index (χ0) is 15.7. The first-order valence-corrected chi connectivity index (χ1v) is 10.3. The van der Waals surface area contributed by atoms with E-state index in [9.17, 15) is 0 Å². The maximum atomic E-state index is 6.07. The molecule has 1 heterocycles. The van der Waals surface area contributed by atoms with Gasteiger partial charge in [-0.2, -0.15) is 0 Å². The van der Waals surface area contributed by atoms with E-state index in [1.807, 2.05) is 0 Å². The Balaban J connectivity index is 1.41. The van der Waals surface area contributed by atoms with Crippen LogP contribution in [0, 0.1) is 34.5 Å². The summed E-state index contributed by atoms with van der Waals surface area (Å²) in [7, 11) is 0. The van der Waals surface area contributed by atoms with Gasteiger partial charge in [0.15, 0.2) is 5.79 Å². The Hall–Kier alpha value is -0.0800. The third-order valence-electron chi connectivity index (χ3n) is 9.26. The second kappa shape index (κ2) is 4.97. The van der Waals surface area contributed by atoms with Gasteiger partial charge in [0.1, 0.15) is 0 Å². The highest BCUT2D eigenvalue weighted by Gasteiger charge is 2.60. The van der Waals surface area contributed by atoms with Crippen LogP contribution in [0.2, 0.25) is 0 Å². The molecule has 1 saturated heterocycles. The van der Waals surface area contributed by atoms with Crippen LogP contribution in [0.3, 0.4) is 0 Å². The molecule has 4 aliphatic carbocycles. The summed E-state index contributed by atoms with van der Waals surface area (Å²) < 4.78 is 12.1. The summed E-state index contributed by atoms with van der Waals surface area (Å²) in [5, 5.41) is 0. The van der Waals surface area contributed by atoms with E-state index in [4.69, 9.17) is 9.47 Å². The van der Waals surface area contributed by atoms with Crippen molar-refractivity contribution in [3.8, 4) is 0 Å². The van der Waals surface area contributed by atoms with Gasteiger partial charge in [-0.25, -0.2) is 0 Å². The van der Waals surface area contributed by atoms with Gasteiger partial charge in [0, 0.05) is 12.8 Å². The molecule has 0 aromatic heterocycles. The van der Waals surface area contributed by atoms with E-state index >= 15 is 0 Å². The molecule has 0 unspecified atom stereocenters. The number of hydrogen-bond acceptors (Lipinski definition) is 2. The minimum atomic E-state index is -0.187. The Bertz CT molecular complexity index is 482. The van der Waals surface area contributed by atoms with Crippen LogP contribution in [0.25, 0.3) is 0 Å². The second-order valence-electron chi connectivity index (χ2n) is 10.1. The molecule has 0 radical (unpaired) electrons. The fourth-order valence-electron chi connectivity index (χ4n) is 7.95. The topological polar surface area (TPSA) is 18.5 Å². The van der Waals surface area contributed by atoms with Crippen LogP contribution in [0.15, 0.2) is 0 Å². The molecule has 5 fully saturated rings. The maximum Gasteiger partial charge on any atom is 0.168 e. The molecule has 130 valence electrons. The highest BCUT2D eigenvalue weighted by Crippen LogP contribution is 2.67. The van der Waals surface area contributed by atoms with Crippen molar-refractivity contribution in [2.24, 2.45) is 34.5 Å². The molecular weight excluding hydrogens is 284 g/mol. The molecule has 0 aromatic carbocycles. The van der Waals surface area contributed by atoms with Gasteiger partial charge >= 0.3 is 0 Å². The zero-order valence-electron chi connectivity index (χ0n) is 15.1. The van der Waals surface area contributed by atoms with Gasteiger partial charge in [-0.15, -0.1) is 0 Å². The van der Waals surface area contributed by atoms with Crippen LogP contribution in [0.1, 0.15) is 78.1 Å². The number of hydrogen-bond donors (Lipinski definition) is 0. The molecule has 0 amide bonds. The average molecular weight is 319 g/mol. The predicted molar refractivity (Wildman–Crippen MR) is 91.0 cm³/mol. The van der Waals surface area contributed by atoms with Crippen LogP contribution in [0.4, 0.5) is 0 Å². The third kappa shape index (κ3) is 2.06. The highest BCUT2D eigenvalue weighted by atomic mass is 16.7. The summed E-state index contributed by atoms with van der Waals surface area (Å²) in [6.45, 7) is 6.89. The summed E-state index contributed by atoms with van der Waals surface area (Å²) in [6, 6.07) is 0. The van der Waals surface area contributed by atoms with E-state index in [0.29, 0.717) is 10.8 Å². The molecule has 0 N–H and O–H groups in total. The summed E-state index contributed by atoms with van der Waals surface area (Å²) >= 11 is 0. The largest absolute Gasteiger partial charge is 0.348 e. The van der Waals surface area contributed by atoms with Gasteiger partial charge in [0.25, 0.3) is 0 Å². The fraction of sp³-hybridized carbons (Fsp3) is 1.00. The summed E-state index contributed by atoms with van der Waals surface area (Å²) in [4.78, 5) is 0. The zero-order valence-corrected chi connectivity index (χ0v) is 15.1. The summed E-state index contributed by atoms with van der Waals surface area (Å²) in [6.07, 6.45) is 14.1. The van der Waals surface area contributed by atoms with Gasteiger partial charge in [0.2, 0.25) is 0 Å². The van der Waals surface area contributed by atoms with Gasteiger partial charge < -0.3 is 9.47 Å². The summed E-state index contributed by atoms with van der Waals surface area (Å²) in [5.74, 6) is 3.69. The number of fused-ring (bicyclic) bond motifs is 5. The van der Waals surface area contributed by atoms with Gasteiger partial charge in [-0.1, -0.05) is 20.3 Å². The average Bonchev–Trinajstić information content (AvgIpc) is 3.15. The van der Waals surface area contributed by atoms with Crippen molar-refractivity contribution in [2.45, 2.75) is 83.8 Å². The Morgan fingerprint density at radius 1 is 0.783 bits per heavy atom. The fourth-order valence-corrected chi connectivity index (χ4v) is 7.95. The maximum absolute atomic E-state index is 6.07. The van der Waals surface area contributed by atoms with Gasteiger partial charge in [-0.05, 0) is 79.4 Å². The lowest BCUT2D eigenvalue weighted by atomic mass is 9.45. The minimum Gasteiger partial charge on any atom is -0.348 e. The molecule has 5 rings (SSSR count). The molecule has 1 spiro atoms. The molecule has 2 heteroatoms. The standard InChI is InChI=1S/C21H34O2/c1-19-8-3-4-17(19)16-6-5-15-14-21(22-12-13-23-21)11-10-20(15,2)18(16)7-9-19/h15-18H,3-14H2,1-2H3/t15-,16-,17-,18-,19-,20+/m1/s1. The van der Waals surface area contributed by atoms with E-state index in [2.05, 4.69) is 13.8 Å². The first-order valence-electron chi connectivity index (χ1n) is 10.3. The normalized spacial score (nSPS) is 54.5. The van der Waals surface area contributed by atoms with Crippen LogP contribution < -0.4 is 0 Å². The number of ether oxygens (including phenoxy) is 2. The second-order valence-corrected chi connectivity index (χ2v) is 10.1. The summed E-state index contributed by atoms with van der Waals surface area (Å²) in [5.41, 5.74) is 1.26. The van der Waals surface area contributed by atoms with E-state index < -0.39 is 0 Å². The SMILES string of the molecule is C[C@]12CCC[C@@H]1[C@H]1CC[C@@H]3CC4(CC[C@]3(C)[C@@H]1CC2)OCCO4. The smallest absolute Gasteiger partial charge is 0.168 e. The third-order valence-corrected chi connectivity index (χ3v) is 9.26. The minimum absolute atomic E-state index is 0.187. The van der Waals surface area contributed by atoms with E-state index in [1.54, 1.807) is 0 Å². The van der Waals surface area contributed by atoms with Gasteiger partial charge in [0.05, 0.1) is 13.2 Å². The van der Waals surface area contributed by atoms with E-state index in [1.165, 1.54) is 57.8 Å². The molecule has 23 heavy (non-hydrogen) atoms. The van der Waals surface area contributed by atoms with Crippen molar-refractivity contribution in [1.82, 2.24) is 0 Å². The monoisotopic (exact) mass is 318 g/mol. The van der Waals surface area contributed by atoms with Crippen molar-refractivity contribution in [3.05, 3.63) is 0 Å². The molecular formula is C21H34O2. The molecule has 5 aliphatic rings. The van der Waals surface area contributed by atoms with E-state index in [-0.39, 0.29) is 5.79 Å². The molecule has 1 aliphatic heterocycles. The van der Waals surface area contributed by atoms with Crippen LogP contribution in [-0.2, 0) is 9.47 Å². The lowest BCUT2D eigenvalue weighted by molar-refractivity contribution is -0.229. The van der Waals surface area contributed by atoms with Crippen molar-refractivity contribution < 1.29 is 9.47 Å². The van der Waals surface area contributed by atoms with Gasteiger partial charge in [-0.3, -0.25) is 0 Å². The highest BCUT2D eigenvalue weighted by molar-refractivity contribution is 5.08. The quantitative estimate of drug-likeness (QED) is 0.614. The molecule has 0 aromatic rings. The Morgan fingerprint density at radius 2 is 1.61 bits per heavy atom. The Kier molecular flexibility index (Phi) is 3.29. The molecule has 6 atom stereocenters. The predicted octanol–water partition coefficient (Wildman–Crippen LogP) is 5.16. The van der Waals surface area contributed by atoms with E-state index in [0.717, 1.165) is 43.3 Å². The Morgan fingerprint density at radius 3 is 2.43 bits per heavy atom. The van der Waals surface area contributed by atoms with Crippen LogP contribution in [-0.4, -0.2) is 19.0 Å². The van der Waals surface area contributed by atoms with Crippen LogP contribution >= 0.6 is 0 Å². The van der Waals surface area contributed by atoms with Crippen molar-refractivity contribution >= 4 is 0 Å². The molecule has 2 nitrogen and oxygen atoms in total. The number of rotatable bonds is 0. The Labute approximate surface area is 141 Å². The van der Waals surface area contributed by atoms with Crippen molar-refractivity contribution in [3.63, 3.8) is 0 Å². The lowest BCUT2D eigenvalue weighted by Crippen LogP contribution is -2.55. The van der Waals surface area contributed by atoms with Crippen molar-refractivity contribution in [1.29, 1.82) is 0 Å². The molecule has 4 saturated carbocycles. The molecule has 0 bridgehead atoms. The van der Waals surface area contributed by atoms with Crippen molar-refractivity contribution in [2.75, 3.05) is 13.2 Å².